The molecular formula is C11H20O. The Balaban J connectivity index is 2.50. The molecule has 1 aliphatic carbocycles. The van der Waals surface area contributed by atoms with E-state index in [1.807, 2.05) is 0 Å². The Morgan fingerprint density at radius 1 is 1.33 bits per heavy atom. The number of rotatable bonds is 3. The number of allylic oxidation sites excluding steroid dienone is 1. The molecule has 0 saturated heterocycles. The van der Waals surface area contributed by atoms with Crippen molar-refractivity contribution >= 4 is 0 Å². The predicted molar refractivity (Wildman–Crippen MR) is 52.3 cm³/mol. The van der Waals surface area contributed by atoms with Crippen molar-refractivity contribution in [2.45, 2.75) is 51.6 Å². The molecule has 0 aromatic carbocycles. The van der Waals surface area contributed by atoms with Crippen LogP contribution in [0.15, 0.2) is 12.2 Å². The van der Waals surface area contributed by atoms with Gasteiger partial charge in [-0.3, -0.25) is 0 Å². The molecule has 1 aliphatic rings. The lowest BCUT2D eigenvalue weighted by atomic mass is 9.81. The summed E-state index contributed by atoms with van der Waals surface area (Å²) in [5.74, 6) is 0. The zero-order valence-corrected chi connectivity index (χ0v) is 8.36. The molecule has 0 bridgehead atoms. The Labute approximate surface area is 75.8 Å². The van der Waals surface area contributed by atoms with E-state index >= 15 is 0 Å². The van der Waals surface area contributed by atoms with Crippen LogP contribution < -0.4 is 0 Å². The third kappa shape index (κ3) is 2.10. The molecule has 0 heterocycles. The van der Waals surface area contributed by atoms with Gasteiger partial charge in [-0.05, 0) is 39.0 Å². The molecule has 1 fully saturated rings. The van der Waals surface area contributed by atoms with Gasteiger partial charge in [0.25, 0.3) is 0 Å². The Kier molecular flexibility index (Phi) is 3.33. The van der Waals surface area contributed by atoms with Crippen LogP contribution in [0, 0.1) is 0 Å². The van der Waals surface area contributed by atoms with Crippen LogP contribution in [-0.2, 0) is 4.74 Å². The molecule has 12 heavy (non-hydrogen) atoms. The van der Waals surface area contributed by atoms with E-state index < -0.39 is 0 Å². The fourth-order valence-corrected chi connectivity index (χ4v) is 1.97. The van der Waals surface area contributed by atoms with E-state index in [1.165, 1.54) is 18.4 Å². The highest BCUT2D eigenvalue weighted by Gasteiger charge is 2.31. The van der Waals surface area contributed by atoms with Crippen LogP contribution in [0.2, 0.25) is 0 Å². The summed E-state index contributed by atoms with van der Waals surface area (Å²) >= 11 is 0. The fourth-order valence-electron chi connectivity index (χ4n) is 1.97. The van der Waals surface area contributed by atoms with Gasteiger partial charge >= 0.3 is 0 Å². The van der Waals surface area contributed by atoms with Gasteiger partial charge in [0.05, 0.1) is 5.60 Å². The van der Waals surface area contributed by atoms with E-state index in [0.29, 0.717) is 0 Å². The maximum Gasteiger partial charge on any atom is 0.0685 e. The van der Waals surface area contributed by atoms with Gasteiger partial charge in [0, 0.05) is 6.61 Å². The maximum absolute atomic E-state index is 5.83. The molecule has 1 saturated carbocycles. The molecule has 1 nitrogen and oxygen atoms in total. The van der Waals surface area contributed by atoms with Gasteiger partial charge in [0.15, 0.2) is 0 Å². The van der Waals surface area contributed by atoms with Gasteiger partial charge in [0.2, 0.25) is 0 Å². The highest BCUT2D eigenvalue weighted by Crippen LogP contribution is 2.36. The van der Waals surface area contributed by atoms with E-state index in [9.17, 15) is 0 Å². The summed E-state index contributed by atoms with van der Waals surface area (Å²) in [4.78, 5) is 0. The summed E-state index contributed by atoms with van der Waals surface area (Å²) in [5, 5.41) is 0. The minimum atomic E-state index is 0.190. The van der Waals surface area contributed by atoms with Crippen LogP contribution in [0.1, 0.15) is 46.0 Å². The molecule has 0 aromatic rings. The Morgan fingerprint density at radius 3 is 2.33 bits per heavy atom. The second-order valence-electron chi connectivity index (χ2n) is 3.72. The van der Waals surface area contributed by atoms with Crippen LogP contribution in [0.5, 0.6) is 0 Å². The van der Waals surface area contributed by atoms with E-state index in [0.717, 1.165) is 25.9 Å². The standard InChI is InChI=1S/C11H20O/c1-4-11(12-5-2)8-6-10(3)7-9-11/h3-9H2,1-2H3. The Bertz CT molecular complexity index is 150. The lowest BCUT2D eigenvalue weighted by molar-refractivity contribution is -0.0604. The van der Waals surface area contributed by atoms with Crippen LogP contribution in [0.3, 0.4) is 0 Å². The van der Waals surface area contributed by atoms with Gasteiger partial charge < -0.3 is 4.74 Å². The summed E-state index contributed by atoms with van der Waals surface area (Å²) in [7, 11) is 0. The monoisotopic (exact) mass is 168 g/mol. The first-order chi connectivity index (χ1) is 5.72. The highest BCUT2D eigenvalue weighted by atomic mass is 16.5. The van der Waals surface area contributed by atoms with Crippen molar-refractivity contribution < 1.29 is 4.74 Å². The highest BCUT2D eigenvalue weighted by molar-refractivity contribution is 5.03. The Morgan fingerprint density at radius 2 is 1.92 bits per heavy atom. The number of hydrogen-bond acceptors (Lipinski definition) is 1. The van der Waals surface area contributed by atoms with Gasteiger partial charge in [-0.25, -0.2) is 0 Å². The summed E-state index contributed by atoms with van der Waals surface area (Å²) in [6.45, 7) is 9.18. The third-order valence-corrected chi connectivity index (χ3v) is 2.96. The summed E-state index contributed by atoms with van der Waals surface area (Å²) in [6, 6.07) is 0. The topological polar surface area (TPSA) is 9.23 Å². The minimum absolute atomic E-state index is 0.190. The lowest BCUT2D eigenvalue weighted by Gasteiger charge is -2.37. The number of ether oxygens (including phenoxy) is 1. The van der Waals surface area contributed by atoms with Crippen LogP contribution in [0.4, 0.5) is 0 Å². The first-order valence-electron chi connectivity index (χ1n) is 5.03. The third-order valence-electron chi connectivity index (χ3n) is 2.96. The predicted octanol–water partition coefficient (Wildman–Crippen LogP) is 3.30. The van der Waals surface area contributed by atoms with Gasteiger partial charge in [0.1, 0.15) is 0 Å². The van der Waals surface area contributed by atoms with Crippen molar-refractivity contribution in [3.05, 3.63) is 12.2 Å². The molecule has 0 N–H and O–H groups in total. The van der Waals surface area contributed by atoms with Crippen molar-refractivity contribution in [2.24, 2.45) is 0 Å². The molecule has 0 atom stereocenters. The second-order valence-corrected chi connectivity index (χ2v) is 3.72. The zero-order valence-electron chi connectivity index (χ0n) is 8.36. The van der Waals surface area contributed by atoms with Crippen LogP contribution in [0.25, 0.3) is 0 Å². The van der Waals surface area contributed by atoms with Crippen LogP contribution >= 0.6 is 0 Å². The first kappa shape index (κ1) is 9.79. The van der Waals surface area contributed by atoms with Crippen molar-refractivity contribution in [2.75, 3.05) is 6.61 Å². The molecule has 1 rings (SSSR count). The summed E-state index contributed by atoms with van der Waals surface area (Å²) in [5.41, 5.74) is 1.59. The first-order valence-corrected chi connectivity index (χ1v) is 5.03. The molecule has 0 amide bonds. The average molecular weight is 168 g/mol. The normalized spacial score (nSPS) is 22.7. The molecule has 0 spiro atoms. The van der Waals surface area contributed by atoms with Crippen molar-refractivity contribution in [1.29, 1.82) is 0 Å². The summed E-state index contributed by atoms with van der Waals surface area (Å²) in [6.07, 6.45) is 5.82. The molecule has 0 unspecified atom stereocenters. The zero-order chi connectivity index (χ0) is 9.03. The fraction of sp³-hybridized carbons (Fsp3) is 0.818. The van der Waals surface area contributed by atoms with Crippen LogP contribution in [-0.4, -0.2) is 12.2 Å². The molecule has 70 valence electrons. The smallest absolute Gasteiger partial charge is 0.0685 e. The van der Waals surface area contributed by atoms with Gasteiger partial charge in [-0.2, -0.15) is 0 Å². The van der Waals surface area contributed by atoms with Gasteiger partial charge in [-0.15, -0.1) is 0 Å². The summed E-state index contributed by atoms with van der Waals surface area (Å²) < 4.78 is 5.83. The number of hydrogen-bond donors (Lipinski definition) is 0. The molecule has 0 radical (unpaired) electrons. The van der Waals surface area contributed by atoms with E-state index in [2.05, 4.69) is 20.4 Å². The SMILES string of the molecule is C=C1CCC(CC)(OCC)CC1. The second kappa shape index (κ2) is 4.08. The largest absolute Gasteiger partial charge is 0.375 e. The minimum Gasteiger partial charge on any atom is -0.375 e. The van der Waals surface area contributed by atoms with Crippen molar-refractivity contribution in [3.63, 3.8) is 0 Å². The molecule has 0 aromatic heterocycles. The van der Waals surface area contributed by atoms with Gasteiger partial charge in [-0.1, -0.05) is 19.1 Å². The Hall–Kier alpha value is -0.300. The van der Waals surface area contributed by atoms with E-state index in [1.54, 1.807) is 0 Å². The molecular weight excluding hydrogens is 148 g/mol. The molecule has 1 heteroatoms. The lowest BCUT2D eigenvalue weighted by Crippen LogP contribution is -2.34. The van der Waals surface area contributed by atoms with E-state index in [-0.39, 0.29) is 5.60 Å². The molecule has 0 aliphatic heterocycles. The van der Waals surface area contributed by atoms with Crippen molar-refractivity contribution in [3.8, 4) is 0 Å². The van der Waals surface area contributed by atoms with Crippen molar-refractivity contribution in [1.82, 2.24) is 0 Å². The quantitative estimate of drug-likeness (QED) is 0.587. The maximum atomic E-state index is 5.83. The van der Waals surface area contributed by atoms with E-state index in [4.69, 9.17) is 4.74 Å². The average Bonchev–Trinajstić information content (AvgIpc) is 2.10.